The number of hydrogen-bond acceptors (Lipinski definition) is 12. The lowest BCUT2D eigenvalue weighted by Gasteiger charge is -2.34. The standard InChI is InChI=1S/C30H40N8O4S2/c1-20-16-24(41-4)23(29(40)38-10-8-37(9-11-38)22(3)39)17-25(20)43-28-19-32-30(44-28)35-27-18-26(33-21(2)34-27)31-6-5-7-36-12-14-42-15-13-36/h16-19H,5-15H2,1-4H3,(H2,31,32,33,34,35). The molecule has 0 unspecified atom stereocenters. The van der Waals surface area contributed by atoms with E-state index in [1.807, 2.05) is 38.2 Å². The molecule has 3 aromatic rings. The summed E-state index contributed by atoms with van der Waals surface area (Å²) in [4.78, 5) is 45.8. The van der Waals surface area contributed by atoms with E-state index >= 15 is 0 Å². The molecule has 1 aromatic carbocycles. The monoisotopic (exact) mass is 640 g/mol. The molecule has 2 aliphatic rings. The normalized spacial score (nSPS) is 15.7. The second-order valence-electron chi connectivity index (χ2n) is 10.7. The largest absolute Gasteiger partial charge is 0.496 e. The van der Waals surface area contributed by atoms with Crippen LogP contribution >= 0.6 is 23.1 Å². The zero-order valence-corrected chi connectivity index (χ0v) is 27.4. The lowest BCUT2D eigenvalue weighted by molar-refractivity contribution is -0.130. The molecule has 2 aliphatic heterocycles. The Labute approximate surface area is 266 Å². The van der Waals surface area contributed by atoms with Crippen LogP contribution < -0.4 is 15.4 Å². The Bertz CT molecular complexity index is 1450. The second kappa shape index (κ2) is 15.0. The van der Waals surface area contributed by atoms with Gasteiger partial charge >= 0.3 is 0 Å². The first-order valence-electron chi connectivity index (χ1n) is 14.8. The first-order chi connectivity index (χ1) is 21.3. The number of morpholine rings is 1. The average Bonchev–Trinajstić information content (AvgIpc) is 3.46. The van der Waals surface area contributed by atoms with Crippen LogP contribution in [0.2, 0.25) is 0 Å². The molecule has 0 atom stereocenters. The number of nitrogens with one attached hydrogen (secondary N) is 2. The summed E-state index contributed by atoms with van der Waals surface area (Å²) in [7, 11) is 1.58. The predicted molar refractivity (Wildman–Crippen MR) is 173 cm³/mol. The molecular formula is C30H40N8O4S2. The highest BCUT2D eigenvalue weighted by molar-refractivity contribution is 8.01. The minimum atomic E-state index is -0.0943. The van der Waals surface area contributed by atoms with Crippen molar-refractivity contribution in [2.24, 2.45) is 0 Å². The van der Waals surface area contributed by atoms with Gasteiger partial charge in [-0.1, -0.05) is 23.1 Å². The first kappa shape index (κ1) is 31.9. The third kappa shape index (κ3) is 8.37. The zero-order chi connectivity index (χ0) is 31.1. The Hall–Kier alpha value is -3.46. The number of amides is 2. The molecule has 2 amide bonds. The van der Waals surface area contributed by atoms with E-state index in [-0.39, 0.29) is 11.8 Å². The molecule has 5 rings (SSSR count). The number of anilines is 3. The molecule has 2 N–H and O–H groups in total. The van der Waals surface area contributed by atoms with Crippen molar-refractivity contribution in [1.29, 1.82) is 0 Å². The summed E-state index contributed by atoms with van der Waals surface area (Å²) in [5.74, 6) is 2.61. The number of benzene rings is 1. The van der Waals surface area contributed by atoms with Crippen LogP contribution in [0.1, 0.15) is 35.1 Å². The SMILES string of the molecule is COc1cc(C)c(Sc2cnc(Nc3cc(NCCCN4CCOCC4)nc(C)n3)s2)cc1C(=O)N1CCN(C(C)=O)CC1. The van der Waals surface area contributed by atoms with Gasteiger partial charge < -0.3 is 29.9 Å². The van der Waals surface area contributed by atoms with Crippen LogP contribution in [0.5, 0.6) is 5.75 Å². The molecule has 44 heavy (non-hydrogen) atoms. The van der Waals surface area contributed by atoms with E-state index in [1.165, 1.54) is 11.3 Å². The van der Waals surface area contributed by atoms with Crippen molar-refractivity contribution in [3.8, 4) is 5.75 Å². The number of carbonyl (C=O) groups excluding carboxylic acids is 2. The van der Waals surface area contributed by atoms with Crippen molar-refractivity contribution in [1.82, 2.24) is 29.7 Å². The van der Waals surface area contributed by atoms with Gasteiger partial charge in [0.25, 0.3) is 5.91 Å². The summed E-state index contributed by atoms with van der Waals surface area (Å²) < 4.78 is 12.0. The molecule has 236 valence electrons. The Kier molecular flexibility index (Phi) is 10.9. The Morgan fingerprint density at radius 2 is 1.75 bits per heavy atom. The number of piperazine rings is 1. The summed E-state index contributed by atoms with van der Waals surface area (Å²) in [6, 6.07) is 5.70. The number of carbonyl (C=O) groups is 2. The molecule has 0 aliphatic carbocycles. The number of methoxy groups -OCH3 is 1. The Balaban J connectivity index is 1.20. The maximum Gasteiger partial charge on any atom is 0.257 e. The maximum absolute atomic E-state index is 13.5. The minimum Gasteiger partial charge on any atom is -0.496 e. The van der Waals surface area contributed by atoms with Crippen LogP contribution in [0.15, 0.2) is 33.5 Å². The highest BCUT2D eigenvalue weighted by Gasteiger charge is 2.26. The average molecular weight is 641 g/mol. The topological polar surface area (TPSA) is 125 Å². The molecule has 12 nitrogen and oxygen atoms in total. The summed E-state index contributed by atoms with van der Waals surface area (Å²) in [6.45, 7) is 13.0. The quantitative estimate of drug-likeness (QED) is 0.297. The van der Waals surface area contributed by atoms with E-state index in [0.717, 1.165) is 71.4 Å². The number of ether oxygens (including phenoxy) is 2. The van der Waals surface area contributed by atoms with Crippen molar-refractivity contribution in [3.63, 3.8) is 0 Å². The molecule has 0 radical (unpaired) electrons. The Morgan fingerprint density at radius 1 is 1.02 bits per heavy atom. The highest BCUT2D eigenvalue weighted by atomic mass is 32.2. The summed E-state index contributed by atoms with van der Waals surface area (Å²) in [5.41, 5.74) is 1.52. The number of hydrogen-bond donors (Lipinski definition) is 2. The molecule has 2 fully saturated rings. The minimum absolute atomic E-state index is 0.0317. The maximum atomic E-state index is 13.5. The molecule has 4 heterocycles. The van der Waals surface area contributed by atoms with Gasteiger partial charge in [0.1, 0.15) is 23.2 Å². The van der Waals surface area contributed by atoms with E-state index in [4.69, 9.17) is 9.47 Å². The van der Waals surface area contributed by atoms with Gasteiger partial charge in [0.15, 0.2) is 5.13 Å². The number of aryl methyl sites for hydroxylation is 2. The van der Waals surface area contributed by atoms with Crippen LogP contribution in [0.25, 0.3) is 0 Å². The summed E-state index contributed by atoms with van der Waals surface area (Å²) in [5, 5.41) is 7.46. The van der Waals surface area contributed by atoms with Gasteiger partial charge in [-0.3, -0.25) is 14.5 Å². The number of nitrogens with zero attached hydrogens (tertiary/aromatic N) is 6. The van der Waals surface area contributed by atoms with Gasteiger partial charge in [-0.25, -0.2) is 15.0 Å². The van der Waals surface area contributed by atoms with Crippen molar-refractivity contribution in [2.45, 2.75) is 36.3 Å². The lowest BCUT2D eigenvalue weighted by Crippen LogP contribution is -2.50. The fraction of sp³-hybridized carbons (Fsp3) is 0.500. The third-order valence-corrected chi connectivity index (χ3v) is 9.74. The van der Waals surface area contributed by atoms with Crippen LogP contribution in [-0.2, 0) is 9.53 Å². The van der Waals surface area contributed by atoms with Gasteiger partial charge in [-0.2, -0.15) is 0 Å². The van der Waals surface area contributed by atoms with E-state index in [9.17, 15) is 9.59 Å². The van der Waals surface area contributed by atoms with Crippen LogP contribution in [0.3, 0.4) is 0 Å². The van der Waals surface area contributed by atoms with Gasteiger partial charge in [-0.15, -0.1) is 0 Å². The van der Waals surface area contributed by atoms with E-state index in [0.29, 0.717) is 49.1 Å². The van der Waals surface area contributed by atoms with E-state index in [1.54, 1.807) is 35.6 Å². The van der Waals surface area contributed by atoms with Crippen LogP contribution in [-0.4, -0.2) is 114 Å². The van der Waals surface area contributed by atoms with Crippen LogP contribution in [0, 0.1) is 13.8 Å². The summed E-state index contributed by atoms with van der Waals surface area (Å²) in [6.07, 6.45) is 2.84. The lowest BCUT2D eigenvalue weighted by atomic mass is 10.1. The van der Waals surface area contributed by atoms with Gasteiger partial charge in [0.05, 0.1) is 36.3 Å². The molecule has 0 spiro atoms. The van der Waals surface area contributed by atoms with Gasteiger partial charge in [-0.05, 0) is 44.5 Å². The number of rotatable bonds is 11. The molecular weight excluding hydrogens is 601 g/mol. The molecule has 0 bridgehead atoms. The number of aromatic nitrogens is 3. The highest BCUT2D eigenvalue weighted by Crippen LogP contribution is 2.39. The number of thiazole rings is 1. The fourth-order valence-corrected chi connectivity index (χ4v) is 7.10. The van der Waals surface area contributed by atoms with Gasteiger partial charge in [0.2, 0.25) is 5.91 Å². The van der Waals surface area contributed by atoms with Crippen LogP contribution in [0.4, 0.5) is 16.8 Å². The smallest absolute Gasteiger partial charge is 0.257 e. The van der Waals surface area contributed by atoms with Crippen molar-refractivity contribution in [2.75, 3.05) is 83.3 Å². The first-order valence-corrected chi connectivity index (χ1v) is 16.5. The fourth-order valence-electron chi connectivity index (χ4n) is 5.15. The molecule has 0 saturated carbocycles. The Morgan fingerprint density at radius 3 is 2.48 bits per heavy atom. The van der Waals surface area contributed by atoms with Gasteiger partial charge in [0, 0.05) is 63.7 Å². The second-order valence-corrected chi connectivity index (χ2v) is 13.1. The van der Waals surface area contributed by atoms with E-state index < -0.39 is 0 Å². The molecule has 14 heteroatoms. The molecule has 2 aromatic heterocycles. The zero-order valence-electron chi connectivity index (χ0n) is 25.7. The van der Waals surface area contributed by atoms with Crippen molar-refractivity contribution in [3.05, 3.63) is 41.3 Å². The predicted octanol–water partition coefficient (Wildman–Crippen LogP) is 3.89. The molecule has 2 saturated heterocycles. The van der Waals surface area contributed by atoms with Crippen molar-refractivity contribution >= 4 is 51.7 Å². The summed E-state index contributed by atoms with van der Waals surface area (Å²) >= 11 is 3.07. The third-order valence-electron chi connectivity index (χ3n) is 7.57. The van der Waals surface area contributed by atoms with E-state index in [2.05, 4.69) is 30.5 Å². The van der Waals surface area contributed by atoms with Crippen molar-refractivity contribution < 1.29 is 19.1 Å².